The Morgan fingerprint density at radius 2 is 2.09 bits per heavy atom. The maximum atomic E-state index is 11.6. The third kappa shape index (κ3) is 5.22. The highest BCUT2D eigenvalue weighted by atomic mass is 32.2. The van der Waals surface area contributed by atoms with Crippen molar-refractivity contribution in [2.75, 3.05) is 12.4 Å². The van der Waals surface area contributed by atoms with Crippen LogP contribution in [0.15, 0.2) is 35.5 Å². The Morgan fingerprint density at radius 3 is 2.82 bits per heavy atom. The first-order valence-electron chi connectivity index (χ1n) is 7.57. The van der Waals surface area contributed by atoms with Gasteiger partial charge in [-0.2, -0.15) is 0 Å². The van der Waals surface area contributed by atoms with Crippen molar-refractivity contribution in [1.82, 2.24) is 9.97 Å². The van der Waals surface area contributed by atoms with Gasteiger partial charge in [0.05, 0.1) is 18.1 Å². The molecule has 0 unspecified atom stereocenters. The Bertz CT molecular complexity index is 596. The van der Waals surface area contributed by atoms with E-state index < -0.39 is 0 Å². The van der Waals surface area contributed by atoms with Gasteiger partial charge in [-0.15, -0.1) is 0 Å². The van der Waals surface area contributed by atoms with E-state index in [1.807, 2.05) is 25.1 Å². The lowest BCUT2D eigenvalue weighted by Crippen LogP contribution is -2.08. The number of benzene rings is 1. The zero-order chi connectivity index (χ0) is 15.8. The molecule has 1 N–H and O–H groups in total. The van der Waals surface area contributed by atoms with E-state index in [4.69, 9.17) is 4.74 Å². The molecular formula is C17H22N2O2S. The summed E-state index contributed by atoms with van der Waals surface area (Å²) in [5.41, 5.74) is 3.30. The molecule has 0 saturated carbocycles. The lowest BCUT2D eigenvalue weighted by Gasteiger charge is -2.02. The number of thioether (sulfide) groups is 1. The van der Waals surface area contributed by atoms with E-state index in [9.17, 15) is 4.79 Å². The molecule has 1 aromatic carbocycles. The highest BCUT2D eigenvalue weighted by Gasteiger charge is 2.10. The van der Waals surface area contributed by atoms with E-state index in [0.29, 0.717) is 12.4 Å². The number of hydrogen-bond acceptors (Lipinski definition) is 4. The molecule has 0 saturated heterocycles. The molecule has 0 atom stereocenters. The van der Waals surface area contributed by atoms with Gasteiger partial charge in [-0.3, -0.25) is 4.79 Å². The van der Waals surface area contributed by atoms with Crippen molar-refractivity contribution in [3.63, 3.8) is 0 Å². The maximum Gasteiger partial charge on any atom is 0.316 e. The van der Waals surface area contributed by atoms with Gasteiger partial charge in [-0.1, -0.05) is 55.4 Å². The first-order valence-corrected chi connectivity index (χ1v) is 8.55. The first kappa shape index (κ1) is 16.6. The summed E-state index contributed by atoms with van der Waals surface area (Å²) in [6.45, 7) is 4.59. The van der Waals surface area contributed by atoms with E-state index in [1.54, 1.807) is 0 Å². The second-order valence-corrected chi connectivity index (χ2v) is 6.10. The van der Waals surface area contributed by atoms with Crippen LogP contribution in [-0.4, -0.2) is 28.3 Å². The Balaban J connectivity index is 1.86. The van der Waals surface area contributed by atoms with Gasteiger partial charge in [0.2, 0.25) is 0 Å². The van der Waals surface area contributed by atoms with Crippen LogP contribution in [0.3, 0.4) is 0 Å². The number of H-pyrrole nitrogens is 1. The van der Waals surface area contributed by atoms with Gasteiger partial charge >= 0.3 is 5.97 Å². The summed E-state index contributed by atoms with van der Waals surface area (Å²) in [4.78, 5) is 19.4. The zero-order valence-corrected chi connectivity index (χ0v) is 13.9. The van der Waals surface area contributed by atoms with Crippen LogP contribution in [0.2, 0.25) is 0 Å². The van der Waals surface area contributed by atoms with Crippen molar-refractivity contribution in [3.05, 3.63) is 47.3 Å². The van der Waals surface area contributed by atoms with Crippen LogP contribution in [0.5, 0.6) is 0 Å². The number of unbranched alkanes of at least 4 members (excludes halogenated alkanes) is 1. The smallest absolute Gasteiger partial charge is 0.316 e. The van der Waals surface area contributed by atoms with E-state index in [2.05, 4.69) is 29.0 Å². The predicted molar refractivity (Wildman–Crippen MR) is 89.2 cm³/mol. The van der Waals surface area contributed by atoms with Gasteiger partial charge in [0.15, 0.2) is 5.16 Å². The minimum absolute atomic E-state index is 0.183. The van der Waals surface area contributed by atoms with Crippen LogP contribution >= 0.6 is 11.8 Å². The Kier molecular flexibility index (Phi) is 6.52. The number of aromatic nitrogens is 2. The van der Waals surface area contributed by atoms with Gasteiger partial charge in [-0.25, -0.2) is 4.98 Å². The van der Waals surface area contributed by atoms with Crippen LogP contribution in [0.1, 0.15) is 36.7 Å². The molecule has 0 aliphatic heterocycles. The van der Waals surface area contributed by atoms with Crippen molar-refractivity contribution < 1.29 is 9.53 Å². The number of nitrogens with zero attached hydrogens (tertiary/aromatic N) is 1. The molecule has 2 aromatic rings. The lowest BCUT2D eigenvalue weighted by molar-refractivity contribution is -0.140. The van der Waals surface area contributed by atoms with E-state index in [1.165, 1.54) is 17.3 Å². The second-order valence-electron chi connectivity index (χ2n) is 5.14. The predicted octanol–water partition coefficient (Wildman–Crippen LogP) is 3.74. The van der Waals surface area contributed by atoms with Gasteiger partial charge < -0.3 is 9.72 Å². The average molecular weight is 318 g/mol. The summed E-state index contributed by atoms with van der Waals surface area (Å²) < 4.78 is 5.14. The molecule has 0 aliphatic carbocycles. The summed E-state index contributed by atoms with van der Waals surface area (Å²) in [5.74, 6) is 0.110. The fourth-order valence-electron chi connectivity index (χ4n) is 2.00. The number of nitrogens with one attached hydrogen (secondary N) is 1. The van der Waals surface area contributed by atoms with E-state index in [-0.39, 0.29) is 5.97 Å². The molecule has 2 rings (SSSR count). The molecule has 118 valence electrons. The van der Waals surface area contributed by atoms with Crippen molar-refractivity contribution in [2.24, 2.45) is 0 Å². The van der Waals surface area contributed by atoms with Crippen molar-refractivity contribution in [1.29, 1.82) is 0 Å². The number of imidazole rings is 1. The molecule has 1 heterocycles. The summed E-state index contributed by atoms with van der Waals surface area (Å²) in [5, 5.41) is 0.774. The summed E-state index contributed by atoms with van der Waals surface area (Å²) in [6.07, 6.45) is 2.74. The highest BCUT2D eigenvalue weighted by Crippen LogP contribution is 2.19. The SMILES string of the molecule is CCCCOC(=O)CSc1nc(Cc2ccccc2)c(C)[nH]1. The van der Waals surface area contributed by atoms with E-state index >= 15 is 0 Å². The molecule has 4 nitrogen and oxygen atoms in total. The molecule has 0 spiro atoms. The topological polar surface area (TPSA) is 55.0 Å². The van der Waals surface area contributed by atoms with Gasteiger partial charge in [-0.05, 0) is 18.9 Å². The Labute approximate surface area is 135 Å². The maximum absolute atomic E-state index is 11.6. The fourth-order valence-corrected chi connectivity index (χ4v) is 2.73. The summed E-state index contributed by atoms with van der Waals surface area (Å²) in [6, 6.07) is 10.2. The van der Waals surface area contributed by atoms with Crippen LogP contribution < -0.4 is 0 Å². The van der Waals surface area contributed by atoms with Crippen LogP contribution in [0, 0.1) is 6.92 Å². The normalized spacial score (nSPS) is 10.6. The zero-order valence-electron chi connectivity index (χ0n) is 13.1. The summed E-state index contributed by atoms with van der Waals surface area (Å²) in [7, 11) is 0. The number of hydrogen-bond donors (Lipinski definition) is 1. The van der Waals surface area contributed by atoms with Gasteiger partial charge in [0.1, 0.15) is 0 Å². The monoisotopic (exact) mass is 318 g/mol. The molecule has 1 aromatic heterocycles. The number of aryl methyl sites for hydroxylation is 1. The second kappa shape index (κ2) is 8.63. The van der Waals surface area contributed by atoms with Crippen molar-refractivity contribution in [3.8, 4) is 0 Å². The van der Waals surface area contributed by atoms with Crippen molar-refractivity contribution >= 4 is 17.7 Å². The number of esters is 1. The number of rotatable bonds is 8. The molecular weight excluding hydrogens is 296 g/mol. The van der Waals surface area contributed by atoms with Crippen LogP contribution in [0.25, 0.3) is 0 Å². The number of carbonyl (C=O) groups excluding carboxylic acids is 1. The number of aromatic amines is 1. The molecule has 0 fully saturated rings. The summed E-state index contributed by atoms with van der Waals surface area (Å²) >= 11 is 1.39. The van der Waals surface area contributed by atoms with Crippen molar-refractivity contribution in [2.45, 2.75) is 38.3 Å². The minimum Gasteiger partial charge on any atom is -0.465 e. The molecule has 5 heteroatoms. The van der Waals surface area contributed by atoms with E-state index in [0.717, 1.165) is 35.8 Å². The largest absolute Gasteiger partial charge is 0.465 e. The van der Waals surface area contributed by atoms with Crippen LogP contribution in [0.4, 0.5) is 0 Å². The molecule has 0 radical (unpaired) electrons. The fraction of sp³-hybridized carbons (Fsp3) is 0.412. The first-order chi connectivity index (χ1) is 10.7. The minimum atomic E-state index is -0.183. The standard InChI is InChI=1S/C17H22N2O2S/c1-3-4-10-21-16(20)12-22-17-18-13(2)15(19-17)11-14-8-6-5-7-9-14/h5-9H,3-4,10-12H2,1-2H3,(H,18,19). The number of ether oxygens (including phenoxy) is 1. The van der Waals surface area contributed by atoms with Crippen LogP contribution in [-0.2, 0) is 16.0 Å². The Morgan fingerprint density at radius 1 is 1.32 bits per heavy atom. The van der Waals surface area contributed by atoms with Gasteiger partial charge in [0, 0.05) is 12.1 Å². The lowest BCUT2D eigenvalue weighted by atomic mass is 10.1. The average Bonchev–Trinajstić information content (AvgIpc) is 2.87. The molecule has 0 bridgehead atoms. The molecule has 0 amide bonds. The highest BCUT2D eigenvalue weighted by molar-refractivity contribution is 7.99. The Hall–Kier alpha value is -1.75. The third-order valence-electron chi connectivity index (χ3n) is 3.27. The molecule has 22 heavy (non-hydrogen) atoms. The number of carbonyl (C=O) groups is 1. The van der Waals surface area contributed by atoms with Gasteiger partial charge in [0.25, 0.3) is 0 Å². The molecule has 0 aliphatic rings. The third-order valence-corrected chi connectivity index (χ3v) is 4.11. The quantitative estimate of drug-likeness (QED) is 0.457.